The van der Waals surface area contributed by atoms with E-state index in [-0.39, 0.29) is 5.56 Å². The quantitative estimate of drug-likeness (QED) is 0.522. The maximum Gasteiger partial charge on any atom is 0.262 e. The van der Waals surface area contributed by atoms with Crippen molar-refractivity contribution in [1.29, 1.82) is 0 Å². The van der Waals surface area contributed by atoms with Crippen LogP contribution in [0.4, 0.5) is 0 Å². The van der Waals surface area contributed by atoms with Crippen LogP contribution in [0.2, 0.25) is 0 Å². The summed E-state index contributed by atoms with van der Waals surface area (Å²) in [5.74, 6) is 0. The van der Waals surface area contributed by atoms with E-state index in [1.165, 1.54) is 22.1 Å². The van der Waals surface area contributed by atoms with Crippen LogP contribution in [-0.2, 0) is 6.54 Å². The number of aromatic nitrogens is 2. The van der Waals surface area contributed by atoms with Crippen molar-refractivity contribution in [2.75, 3.05) is 0 Å². The van der Waals surface area contributed by atoms with Crippen LogP contribution >= 0.6 is 11.3 Å². The van der Waals surface area contributed by atoms with E-state index >= 15 is 0 Å². The molecule has 0 N–H and O–H groups in total. The molecule has 0 aliphatic rings. The fourth-order valence-corrected chi connectivity index (χ4v) is 3.93. The fourth-order valence-electron chi connectivity index (χ4n) is 3.02. The van der Waals surface area contributed by atoms with Crippen LogP contribution in [0, 0.1) is 0 Å². The maximum atomic E-state index is 12.9. The van der Waals surface area contributed by atoms with Gasteiger partial charge in [0.25, 0.3) is 5.56 Å². The highest BCUT2D eigenvalue weighted by molar-refractivity contribution is 7.17. The van der Waals surface area contributed by atoms with E-state index in [2.05, 4.69) is 42.2 Å². The molecule has 0 spiro atoms. The van der Waals surface area contributed by atoms with Gasteiger partial charge in [0.2, 0.25) is 0 Å². The lowest BCUT2D eigenvalue weighted by Gasteiger charge is -2.06. The number of benzene rings is 2. The van der Waals surface area contributed by atoms with Gasteiger partial charge in [-0.1, -0.05) is 49.7 Å². The Morgan fingerprint density at radius 1 is 1.12 bits per heavy atom. The van der Waals surface area contributed by atoms with Crippen molar-refractivity contribution in [1.82, 2.24) is 9.55 Å². The third-order valence-corrected chi connectivity index (χ3v) is 5.26. The Hall–Kier alpha value is -2.46. The van der Waals surface area contributed by atoms with E-state index in [0.717, 1.165) is 40.7 Å². The second kappa shape index (κ2) is 6.21. The Morgan fingerprint density at radius 3 is 2.79 bits per heavy atom. The first kappa shape index (κ1) is 15.1. The normalized spacial score (nSPS) is 11.4. The van der Waals surface area contributed by atoms with E-state index in [1.807, 2.05) is 17.5 Å². The average molecular weight is 334 g/mol. The summed E-state index contributed by atoms with van der Waals surface area (Å²) < 4.78 is 1.74. The Bertz CT molecular complexity index is 1080. The van der Waals surface area contributed by atoms with Gasteiger partial charge in [0.05, 0.1) is 11.7 Å². The number of hydrogen-bond donors (Lipinski definition) is 0. The first-order valence-electron chi connectivity index (χ1n) is 8.23. The molecule has 0 unspecified atom stereocenters. The van der Waals surface area contributed by atoms with Crippen molar-refractivity contribution in [3.05, 3.63) is 64.5 Å². The third-order valence-electron chi connectivity index (χ3n) is 4.37. The molecule has 2 aromatic carbocycles. The Balaban J connectivity index is 1.90. The minimum atomic E-state index is 0.0675. The van der Waals surface area contributed by atoms with Gasteiger partial charge in [-0.05, 0) is 28.8 Å². The molecule has 0 radical (unpaired) electrons. The summed E-state index contributed by atoms with van der Waals surface area (Å²) in [6.07, 6.45) is 3.73. The van der Waals surface area contributed by atoms with Crippen molar-refractivity contribution in [2.45, 2.75) is 26.3 Å². The smallest absolute Gasteiger partial charge is 0.262 e. The summed E-state index contributed by atoms with van der Waals surface area (Å²) in [7, 11) is 0. The number of rotatable bonds is 4. The van der Waals surface area contributed by atoms with Gasteiger partial charge < -0.3 is 0 Å². The van der Waals surface area contributed by atoms with Gasteiger partial charge in [-0.2, -0.15) is 0 Å². The molecule has 3 nitrogen and oxygen atoms in total. The molecule has 120 valence electrons. The third kappa shape index (κ3) is 2.53. The zero-order valence-corrected chi connectivity index (χ0v) is 14.3. The number of nitrogens with zero attached hydrogens (tertiary/aromatic N) is 2. The molecule has 0 aliphatic carbocycles. The summed E-state index contributed by atoms with van der Waals surface area (Å²) in [6, 6.07) is 14.6. The van der Waals surface area contributed by atoms with Gasteiger partial charge in [0, 0.05) is 17.5 Å². The number of aryl methyl sites for hydroxylation is 1. The molecule has 24 heavy (non-hydrogen) atoms. The minimum Gasteiger partial charge on any atom is -0.299 e. The maximum absolute atomic E-state index is 12.9. The van der Waals surface area contributed by atoms with E-state index in [4.69, 9.17) is 0 Å². The lowest BCUT2D eigenvalue weighted by molar-refractivity contribution is 0.609. The predicted octanol–water partition coefficient (Wildman–Crippen LogP) is 5.08. The molecule has 0 aliphatic heterocycles. The summed E-state index contributed by atoms with van der Waals surface area (Å²) in [5.41, 5.74) is 2.13. The molecule has 0 atom stereocenters. The first-order chi connectivity index (χ1) is 11.8. The number of fused-ring (bicyclic) bond motifs is 2. The van der Waals surface area contributed by atoms with Gasteiger partial charge in [-0.3, -0.25) is 9.36 Å². The number of unbranched alkanes of at least 4 members (excludes halogenated alkanes) is 1. The molecule has 4 heteroatoms. The second-order valence-electron chi connectivity index (χ2n) is 5.99. The molecule has 0 saturated carbocycles. The topological polar surface area (TPSA) is 34.9 Å². The summed E-state index contributed by atoms with van der Waals surface area (Å²) >= 11 is 1.54. The fraction of sp³-hybridized carbons (Fsp3) is 0.200. The number of hydrogen-bond acceptors (Lipinski definition) is 3. The molecular formula is C20H18N2OS. The van der Waals surface area contributed by atoms with Crippen LogP contribution in [0.1, 0.15) is 19.8 Å². The molecular weight excluding hydrogens is 316 g/mol. The summed E-state index contributed by atoms with van der Waals surface area (Å²) in [6.45, 7) is 2.85. The monoisotopic (exact) mass is 334 g/mol. The predicted molar refractivity (Wildman–Crippen MR) is 102 cm³/mol. The Labute approximate surface area is 144 Å². The molecule has 0 saturated heterocycles. The lowest BCUT2D eigenvalue weighted by Crippen LogP contribution is -2.20. The second-order valence-corrected chi connectivity index (χ2v) is 6.85. The highest BCUT2D eigenvalue weighted by Gasteiger charge is 2.13. The zero-order valence-electron chi connectivity index (χ0n) is 13.5. The van der Waals surface area contributed by atoms with Gasteiger partial charge in [0.15, 0.2) is 0 Å². The van der Waals surface area contributed by atoms with Crippen LogP contribution in [-0.4, -0.2) is 9.55 Å². The first-order valence-corrected chi connectivity index (χ1v) is 9.11. The zero-order chi connectivity index (χ0) is 16.5. The van der Waals surface area contributed by atoms with Crippen molar-refractivity contribution in [3.63, 3.8) is 0 Å². The lowest BCUT2D eigenvalue weighted by atomic mass is 10.0. The van der Waals surface area contributed by atoms with Crippen LogP contribution in [0.25, 0.3) is 32.1 Å². The molecule has 4 rings (SSSR count). The Morgan fingerprint density at radius 2 is 1.96 bits per heavy atom. The van der Waals surface area contributed by atoms with E-state index in [9.17, 15) is 4.79 Å². The molecule has 2 heterocycles. The van der Waals surface area contributed by atoms with E-state index in [1.54, 1.807) is 10.9 Å². The molecule has 0 bridgehead atoms. The largest absolute Gasteiger partial charge is 0.299 e. The van der Waals surface area contributed by atoms with E-state index < -0.39 is 0 Å². The molecule has 2 aromatic heterocycles. The standard InChI is InChI=1S/C20H18N2OS/c1-2-3-10-22-13-21-19-18(20(22)23)17(12-24-19)16-9-8-14-6-4-5-7-15(14)11-16/h4-9,11-13H,2-3,10H2,1H3. The van der Waals surface area contributed by atoms with Crippen LogP contribution in [0.3, 0.4) is 0 Å². The summed E-state index contributed by atoms with van der Waals surface area (Å²) in [5, 5.41) is 5.19. The van der Waals surface area contributed by atoms with Gasteiger partial charge in [-0.25, -0.2) is 4.98 Å². The van der Waals surface area contributed by atoms with Crippen molar-refractivity contribution < 1.29 is 0 Å². The van der Waals surface area contributed by atoms with Crippen molar-refractivity contribution in [2.24, 2.45) is 0 Å². The molecule has 0 fully saturated rings. The Kier molecular flexibility index (Phi) is 3.90. The van der Waals surface area contributed by atoms with Gasteiger partial charge in [0.1, 0.15) is 4.83 Å². The minimum absolute atomic E-state index is 0.0675. The van der Waals surface area contributed by atoms with E-state index in [0.29, 0.717) is 0 Å². The van der Waals surface area contributed by atoms with Crippen LogP contribution in [0.15, 0.2) is 59.0 Å². The highest BCUT2D eigenvalue weighted by atomic mass is 32.1. The van der Waals surface area contributed by atoms with Crippen LogP contribution < -0.4 is 5.56 Å². The number of thiophene rings is 1. The highest BCUT2D eigenvalue weighted by Crippen LogP contribution is 2.32. The average Bonchev–Trinajstić information content (AvgIpc) is 3.06. The summed E-state index contributed by atoms with van der Waals surface area (Å²) in [4.78, 5) is 18.2. The van der Waals surface area contributed by atoms with Gasteiger partial charge in [-0.15, -0.1) is 11.3 Å². The van der Waals surface area contributed by atoms with Gasteiger partial charge >= 0.3 is 0 Å². The molecule has 0 amide bonds. The molecule has 4 aromatic rings. The van der Waals surface area contributed by atoms with Crippen molar-refractivity contribution in [3.8, 4) is 11.1 Å². The van der Waals surface area contributed by atoms with Crippen LogP contribution in [0.5, 0.6) is 0 Å². The van der Waals surface area contributed by atoms with Crippen molar-refractivity contribution >= 4 is 32.3 Å². The SMILES string of the molecule is CCCCn1cnc2scc(-c3ccc4ccccc4c3)c2c1=O.